The van der Waals surface area contributed by atoms with Crippen LogP contribution in [0.4, 0.5) is 0 Å². The van der Waals surface area contributed by atoms with Crippen molar-refractivity contribution >= 4 is 22.5 Å². The maximum absolute atomic E-state index is 6.34. The van der Waals surface area contributed by atoms with E-state index < -0.39 is 0 Å². The zero-order valence-electron chi connectivity index (χ0n) is 11.4. The molecule has 0 saturated heterocycles. The predicted octanol–water partition coefficient (Wildman–Crippen LogP) is 4.11. The molecule has 0 unspecified atom stereocenters. The normalized spacial score (nSPS) is 11.2. The Morgan fingerprint density at radius 2 is 1.95 bits per heavy atom. The van der Waals surface area contributed by atoms with Crippen LogP contribution in [0.3, 0.4) is 0 Å². The van der Waals surface area contributed by atoms with Gasteiger partial charge < -0.3 is 10.3 Å². The summed E-state index contributed by atoms with van der Waals surface area (Å²) in [5.74, 6) is 0. The van der Waals surface area contributed by atoms with Crippen LogP contribution in [0.5, 0.6) is 0 Å². The van der Waals surface area contributed by atoms with Crippen LogP contribution in [0.25, 0.3) is 10.9 Å². The van der Waals surface area contributed by atoms with Crippen LogP contribution in [0.2, 0.25) is 5.02 Å². The highest BCUT2D eigenvalue weighted by Gasteiger charge is 2.05. The Morgan fingerprint density at radius 3 is 2.70 bits per heavy atom. The third-order valence-corrected chi connectivity index (χ3v) is 3.98. The van der Waals surface area contributed by atoms with Gasteiger partial charge in [0.2, 0.25) is 0 Å². The Balaban J connectivity index is 1.99. The highest BCUT2D eigenvalue weighted by atomic mass is 35.5. The average molecular weight is 285 g/mol. The first-order valence-electron chi connectivity index (χ1n) is 6.70. The standard InChI is InChI=1S/C17H17ClN2/c1-12-2-4-14-6-7-20(17(14)8-12)11-15-5-3-13(10-19)9-16(15)18/h2-9H,10-11,19H2,1H3. The number of hydrogen-bond donors (Lipinski definition) is 1. The molecule has 3 rings (SSSR count). The molecule has 2 nitrogen and oxygen atoms in total. The van der Waals surface area contributed by atoms with Crippen molar-refractivity contribution in [3.63, 3.8) is 0 Å². The number of aromatic nitrogens is 1. The quantitative estimate of drug-likeness (QED) is 0.771. The first-order chi connectivity index (χ1) is 9.67. The van der Waals surface area contributed by atoms with E-state index in [0.29, 0.717) is 6.54 Å². The van der Waals surface area contributed by atoms with Gasteiger partial charge in [-0.2, -0.15) is 0 Å². The van der Waals surface area contributed by atoms with E-state index in [1.54, 1.807) is 0 Å². The van der Waals surface area contributed by atoms with E-state index in [0.717, 1.165) is 22.7 Å². The maximum atomic E-state index is 6.34. The second kappa shape index (κ2) is 5.31. The van der Waals surface area contributed by atoms with Gasteiger partial charge in [-0.3, -0.25) is 0 Å². The van der Waals surface area contributed by atoms with E-state index in [1.807, 2.05) is 12.1 Å². The van der Waals surface area contributed by atoms with E-state index >= 15 is 0 Å². The van der Waals surface area contributed by atoms with Crippen molar-refractivity contribution in [3.05, 3.63) is 70.4 Å². The second-order valence-corrected chi connectivity index (χ2v) is 5.54. The van der Waals surface area contributed by atoms with Crippen LogP contribution in [-0.4, -0.2) is 4.57 Å². The monoisotopic (exact) mass is 284 g/mol. The summed E-state index contributed by atoms with van der Waals surface area (Å²) in [6.07, 6.45) is 2.11. The van der Waals surface area contributed by atoms with E-state index in [9.17, 15) is 0 Å². The summed E-state index contributed by atoms with van der Waals surface area (Å²) < 4.78 is 2.23. The van der Waals surface area contributed by atoms with E-state index in [4.69, 9.17) is 17.3 Å². The lowest BCUT2D eigenvalue weighted by Crippen LogP contribution is -2.01. The topological polar surface area (TPSA) is 30.9 Å². The van der Waals surface area contributed by atoms with Crippen LogP contribution < -0.4 is 5.73 Å². The molecule has 1 aromatic heterocycles. The van der Waals surface area contributed by atoms with Crippen molar-refractivity contribution in [2.75, 3.05) is 0 Å². The molecule has 102 valence electrons. The summed E-state index contributed by atoms with van der Waals surface area (Å²) in [5.41, 5.74) is 10.3. The van der Waals surface area contributed by atoms with Crippen LogP contribution >= 0.6 is 11.6 Å². The number of aryl methyl sites for hydroxylation is 1. The highest BCUT2D eigenvalue weighted by Crippen LogP contribution is 2.23. The smallest absolute Gasteiger partial charge is 0.0490 e. The Bertz CT molecular complexity index is 759. The summed E-state index contributed by atoms with van der Waals surface area (Å²) in [4.78, 5) is 0. The average Bonchev–Trinajstić information content (AvgIpc) is 2.83. The number of benzene rings is 2. The first-order valence-corrected chi connectivity index (χ1v) is 7.08. The molecule has 2 N–H and O–H groups in total. The SMILES string of the molecule is Cc1ccc2ccn(Cc3ccc(CN)cc3Cl)c2c1. The molecule has 3 heteroatoms. The van der Waals surface area contributed by atoms with E-state index in [2.05, 4.69) is 48.0 Å². The first kappa shape index (κ1) is 13.2. The number of fused-ring (bicyclic) bond motifs is 1. The number of rotatable bonds is 3. The summed E-state index contributed by atoms with van der Waals surface area (Å²) in [6, 6.07) is 14.7. The number of nitrogens with zero attached hydrogens (tertiary/aromatic N) is 1. The Labute approximate surface area is 123 Å². The van der Waals surface area contributed by atoms with E-state index in [-0.39, 0.29) is 0 Å². The van der Waals surface area contributed by atoms with Crippen molar-refractivity contribution < 1.29 is 0 Å². The van der Waals surface area contributed by atoms with Gasteiger partial charge in [0.25, 0.3) is 0 Å². The van der Waals surface area contributed by atoms with Gasteiger partial charge in [0, 0.05) is 29.8 Å². The van der Waals surface area contributed by atoms with Gasteiger partial charge in [-0.25, -0.2) is 0 Å². The third-order valence-electron chi connectivity index (χ3n) is 3.62. The fraction of sp³-hybridized carbons (Fsp3) is 0.176. The van der Waals surface area contributed by atoms with Crippen LogP contribution in [0, 0.1) is 6.92 Å². The third kappa shape index (κ3) is 2.45. The zero-order chi connectivity index (χ0) is 14.1. The lowest BCUT2D eigenvalue weighted by Gasteiger charge is -2.09. The lowest BCUT2D eigenvalue weighted by molar-refractivity contribution is 0.835. The highest BCUT2D eigenvalue weighted by molar-refractivity contribution is 6.31. The van der Waals surface area contributed by atoms with Crippen LogP contribution in [0.1, 0.15) is 16.7 Å². The fourth-order valence-corrected chi connectivity index (χ4v) is 2.72. The summed E-state index contributed by atoms with van der Waals surface area (Å²) in [6.45, 7) is 3.40. The molecule has 2 aromatic carbocycles. The van der Waals surface area contributed by atoms with Crippen molar-refractivity contribution in [1.29, 1.82) is 0 Å². The molecule has 20 heavy (non-hydrogen) atoms. The molecule has 3 aromatic rings. The van der Waals surface area contributed by atoms with Gasteiger partial charge >= 0.3 is 0 Å². The zero-order valence-corrected chi connectivity index (χ0v) is 12.2. The van der Waals surface area contributed by atoms with Gasteiger partial charge in [0.15, 0.2) is 0 Å². The Hall–Kier alpha value is -1.77. The summed E-state index contributed by atoms with van der Waals surface area (Å²) in [5, 5.41) is 2.03. The van der Waals surface area contributed by atoms with Gasteiger partial charge in [-0.1, -0.05) is 35.9 Å². The molecule has 0 radical (unpaired) electrons. The van der Waals surface area contributed by atoms with Gasteiger partial charge in [0.1, 0.15) is 0 Å². The number of hydrogen-bond acceptors (Lipinski definition) is 1. The van der Waals surface area contributed by atoms with Crippen molar-refractivity contribution in [2.24, 2.45) is 5.73 Å². The molecular formula is C17H17ClN2. The van der Waals surface area contributed by atoms with Crippen molar-refractivity contribution in [1.82, 2.24) is 4.57 Å². The van der Waals surface area contributed by atoms with Crippen molar-refractivity contribution in [2.45, 2.75) is 20.0 Å². The Morgan fingerprint density at radius 1 is 1.10 bits per heavy atom. The minimum absolute atomic E-state index is 0.519. The van der Waals surface area contributed by atoms with Crippen LogP contribution in [0.15, 0.2) is 48.7 Å². The second-order valence-electron chi connectivity index (χ2n) is 5.14. The number of halogens is 1. The molecule has 0 amide bonds. The molecule has 0 aliphatic rings. The largest absolute Gasteiger partial charge is 0.343 e. The molecule has 1 heterocycles. The van der Waals surface area contributed by atoms with E-state index in [1.165, 1.54) is 16.5 Å². The lowest BCUT2D eigenvalue weighted by atomic mass is 10.1. The maximum Gasteiger partial charge on any atom is 0.0490 e. The molecule has 0 bridgehead atoms. The van der Waals surface area contributed by atoms with Crippen molar-refractivity contribution in [3.8, 4) is 0 Å². The Kier molecular flexibility index (Phi) is 3.51. The minimum atomic E-state index is 0.519. The van der Waals surface area contributed by atoms with Gasteiger partial charge in [-0.05, 0) is 47.2 Å². The molecule has 0 aliphatic heterocycles. The number of nitrogens with two attached hydrogens (primary N) is 1. The molecule has 0 fully saturated rings. The summed E-state index contributed by atoms with van der Waals surface area (Å²) in [7, 11) is 0. The fourth-order valence-electron chi connectivity index (χ4n) is 2.46. The summed E-state index contributed by atoms with van der Waals surface area (Å²) >= 11 is 6.34. The molecule has 0 saturated carbocycles. The molecular weight excluding hydrogens is 268 g/mol. The van der Waals surface area contributed by atoms with Gasteiger partial charge in [-0.15, -0.1) is 0 Å². The molecule has 0 spiro atoms. The minimum Gasteiger partial charge on any atom is -0.343 e. The molecule has 0 aliphatic carbocycles. The van der Waals surface area contributed by atoms with Crippen LogP contribution in [-0.2, 0) is 13.1 Å². The molecule has 0 atom stereocenters. The predicted molar refractivity (Wildman–Crippen MR) is 85.1 cm³/mol. The van der Waals surface area contributed by atoms with Gasteiger partial charge in [0.05, 0.1) is 0 Å².